The molecule has 1 aromatic carbocycles. The lowest BCUT2D eigenvalue weighted by Gasteiger charge is -2.33. The van der Waals surface area contributed by atoms with Crippen LogP contribution in [0.2, 0.25) is 0 Å². The number of rotatable bonds is 3. The van der Waals surface area contributed by atoms with Gasteiger partial charge in [0.05, 0.1) is 4.92 Å². The fraction of sp³-hybridized carbons (Fsp3) is 0.500. The first-order valence-corrected chi connectivity index (χ1v) is 8.76. The molecule has 0 saturated carbocycles. The Kier molecular flexibility index (Phi) is 3.96. The van der Waals surface area contributed by atoms with Gasteiger partial charge in [-0.25, -0.2) is 4.98 Å². The van der Waals surface area contributed by atoms with Crippen LogP contribution < -0.4 is 4.90 Å². The number of fused-ring (bicyclic) bond motifs is 1. The van der Waals surface area contributed by atoms with E-state index in [4.69, 9.17) is 4.98 Å². The summed E-state index contributed by atoms with van der Waals surface area (Å²) in [4.78, 5) is 17.8. The summed E-state index contributed by atoms with van der Waals surface area (Å²) in [5, 5.41) is 11.2. The lowest BCUT2D eigenvalue weighted by molar-refractivity contribution is -0.384. The number of nitrogens with zero attached hydrogens (tertiary/aromatic N) is 4. The summed E-state index contributed by atoms with van der Waals surface area (Å²) in [5.41, 5.74) is 2.32. The molecule has 2 aliphatic rings. The second kappa shape index (κ2) is 6.26. The maximum atomic E-state index is 11.2. The number of piperidine rings is 1. The highest BCUT2D eigenvalue weighted by Gasteiger charge is 2.28. The molecule has 1 aromatic heterocycles. The summed E-state index contributed by atoms with van der Waals surface area (Å²) in [6, 6.07) is 7.05. The standard InChI is InChI=1S/C18H22N4O2/c23-22(24)17-7-2-1-6-16(17)20-11-8-14(9-12-20)18-19-13-15-5-3-4-10-21(15)18/h1-2,6-7,13-14H,3-5,8-12H2. The third kappa shape index (κ3) is 2.66. The van der Waals surface area contributed by atoms with E-state index in [0.717, 1.165) is 44.6 Å². The Bertz CT molecular complexity index is 747. The van der Waals surface area contributed by atoms with Crippen molar-refractivity contribution in [3.05, 3.63) is 52.1 Å². The third-order valence-electron chi connectivity index (χ3n) is 5.31. The van der Waals surface area contributed by atoms with Gasteiger partial charge in [0.2, 0.25) is 0 Å². The number of anilines is 1. The van der Waals surface area contributed by atoms with E-state index in [1.54, 1.807) is 12.1 Å². The molecule has 24 heavy (non-hydrogen) atoms. The van der Waals surface area contributed by atoms with Crippen molar-refractivity contribution in [3.63, 3.8) is 0 Å². The zero-order valence-electron chi connectivity index (χ0n) is 13.7. The zero-order valence-corrected chi connectivity index (χ0v) is 13.7. The molecule has 0 aliphatic carbocycles. The predicted octanol–water partition coefficient (Wildman–Crippen LogP) is 3.51. The average Bonchev–Trinajstić information content (AvgIpc) is 3.06. The van der Waals surface area contributed by atoms with Crippen molar-refractivity contribution in [2.45, 2.75) is 44.6 Å². The number of aromatic nitrogens is 2. The number of aryl methyl sites for hydroxylation is 1. The van der Waals surface area contributed by atoms with Crippen LogP contribution in [0.4, 0.5) is 11.4 Å². The molecule has 3 heterocycles. The van der Waals surface area contributed by atoms with Crippen molar-refractivity contribution in [1.29, 1.82) is 0 Å². The van der Waals surface area contributed by atoms with Crippen LogP contribution in [0.5, 0.6) is 0 Å². The molecule has 2 aliphatic heterocycles. The van der Waals surface area contributed by atoms with E-state index in [1.807, 2.05) is 18.3 Å². The Hall–Kier alpha value is -2.37. The lowest BCUT2D eigenvalue weighted by atomic mass is 9.95. The maximum Gasteiger partial charge on any atom is 0.292 e. The predicted molar refractivity (Wildman–Crippen MR) is 92.4 cm³/mol. The van der Waals surface area contributed by atoms with Crippen LogP contribution in [0.25, 0.3) is 0 Å². The minimum Gasteiger partial charge on any atom is -0.366 e. The number of hydrogen-bond acceptors (Lipinski definition) is 4. The van der Waals surface area contributed by atoms with Gasteiger partial charge in [0, 0.05) is 43.5 Å². The van der Waals surface area contributed by atoms with Crippen LogP contribution in [-0.2, 0) is 13.0 Å². The van der Waals surface area contributed by atoms with Crippen LogP contribution in [0.1, 0.15) is 43.1 Å². The highest BCUT2D eigenvalue weighted by Crippen LogP contribution is 2.35. The normalized spacial score (nSPS) is 18.4. The number of benzene rings is 1. The van der Waals surface area contributed by atoms with E-state index in [9.17, 15) is 10.1 Å². The van der Waals surface area contributed by atoms with Gasteiger partial charge in [0.1, 0.15) is 11.5 Å². The first-order chi connectivity index (χ1) is 11.7. The third-order valence-corrected chi connectivity index (χ3v) is 5.31. The van der Waals surface area contributed by atoms with Gasteiger partial charge in [0.15, 0.2) is 0 Å². The smallest absolute Gasteiger partial charge is 0.292 e. The molecule has 0 spiro atoms. The molecule has 0 amide bonds. The largest absolute Gasteiger partial charge is 0.366 e. The van der Waals surface area contributed by atoms with E-state index >= 15 is 0 Å². The Morgan fingerprint density at radius 1 is 1.12 bits per heavy atom. The van der Waals surface area contributed by atoms with Crippen LogP contribution in [-0.4, -0.2) is 27.6 Å². The van der Waals surface area contributed by atoms with Crippen molar-refractivity contribution in [1.82, 2.24) is 9.55 Å². The topological polar surface area (TPSA) is 64.2 Å². The number of nitro groups is 1. The second-order valence-electron chi connectivity index (χ2n) is 6.72. The Morgan fingerprint density at radius 3 is 2.71 bits per heavy atom. The van der Waals surface area contributed by atoms with E-state index in [2.05, 4.69) is 9.47 Å². The lowest BCUT2D eigenvalue weighted by Crippen LogP contribution is -2.34. The second-order valence-corrected chi connectivity index (χ2v) is 6.72. The molecule has 0 N–H and O–H groups in total. The summed E-state index contributed by atoms with van der Waals surface area (Å²) >= 11 is 0. The van der Waals surface area contributed by atoms with Gasteiger partial charge in [-0.15, -0.1) is 0 Å². The van der Waals surface area contributed by atoms with Gasteiger partial charge in [-0.3, -0.25) is 10.1 Å². The molecule has 0 atom stereocenters. The molecule has 4 rings (SSSR count). The Labute approximate surface area is 141 Å². The highest BCUT2D eigenvalue weighted by molar-refractivity contribution is 5.63. The van der Waals surface area contributed by atoms with Gasteiger partial charge in [-0.05, 0) is 38.2 Å². The monoisotopic (exact) mass is 326 g/mol. The summed E-state index contributed by atoms with van der Waals surface area (Å²) in [5.74, 6) is 1.70. The molecule has 1 fully saturated rings. The molecule has 0 radical (unpaired) electrons. The van der Waals surface area contributed by atoms with Crippen LogP contribution >= 0.6 is 0 Å². The number of nitro benzene ring substituents is 1. The zero-order chi connectivity index (χ0) is 16.5. The van der Waals surface area contributed by atoms with Crippen molar-refractivity contribution in [2.24, 2.45) is 0 Å². The Balaban J connectivity index is 1.50. The first kappa shape index (κ1) is 15.2. The molecule has 6 heteroatoms. The number of imidazole rings is 1. The van der Waals surface area contributed by atoms with Crippen molar-refractivity contribution in [3.8, 4) is 0 Å². The summed E-state index contributed by atoms with van der Waals surface area (Å²) in [6.45, 7) is 2.78. The molecule has 126 valence electrons. The fourth-order valence-corrected chi connectivity index (χ4v) is 4.05. The van der Waals surface area contributed by atoms with Gasteiger partial charge in [0.25, 0.3) is 5.69 Å². The van der Waals surface area contributed by atoms with Gasteiger partial charge in [-0.2, -0.15) is 0 Å². The van der Waals surface area contributed by atoms with Gasteiger partial charge < -0.3 is 9.47 Å². The quantitative estimate of drug-likeness (QED) is 0.639. The van der Waals surface area contributed by atoms with E-state index in [-0.39, 0.29) is 10.6 Å². The molecule has 0 bridgehead atoms. The van der Waals surface area contributed by atoms with E-state index < -0.39 is 0 Å². The Morgan fingerprint density at radius 2 is 1.92 bits per heavy atom. The first-order valence-electron chi connectivity index (χ1n) is 8.76. The molecule has 2 aromatic rings. The maximum absolute atomic E-state index is 11.2. The number of para-hydroxylation sites is 2. The summed E-state index contributed by atoms with van der Waals surface area (Å²) in [7, 11) is 0. The molecule has 1 saturated heterocycles. The van der Waals surface area contributed by atoms with Gasteiger partial charge >= 0.3 is 0 Å². The fourth-order valence-electron chi connectivity index (χ4n) is 4.05. The van der Waals surface area contributed by atoms with E-state index in [0.29, 0.717) is 5.92 Å². The SMILES string of the molecule is O=[N+]([O-])c1ccccc1N1CCC(c2ncc3n2CCCC3)CC1. The van der Waals surface area contributed by atoms with Crippen molar-refractivity contribution in [2.75, 3.05) is 18.0 Å². The molecule has 6 nitrogen and oxygen atoms in total. The summed E-state index contributed by atoms with van der Waals surface area (Å²) in [6.07, 6.45) is 7.70. The van der Waals surface area contributed by atoms with Gasteiger partial charge in [-0.1, -0.05) is 12.1 Å². The van der Waals surface area contributed by atoms with Crippen LogP contribution in [0, 0.1) is 10.1 Å². The molecular formula is C18H22N4O2. The molecular weight excluding hydrogens is 304 g/mol. The minimum absolute atomic E-state index is 0.203. The summed E-state index contributed by atoms with van der Waals surface area (Å²) < 4.78 is 2.41. The van der Waals surface area contributed by atoms with E-state index in [1.165, 1.54) is 24.4 Å². The minimum atomic E-state index is -0.285. The van der Waals surface area contributed by atoms with Crippen LogP contribution in [0.15, 0.2) is 30.5 Å². The highest BCUT2D eigenvalue weighted by atomic mass is 16.6. The van der Waals surface area contributed by atoms with Crippen molar-refractivity contribution >= 4 is 11.4 Å². The number of hydrogen-bond donors (Lipinski definition) is 0. The average molecular weight is 326 g/mol. The van der Waals surface area contributed by atoms with Crippen molar-refractivity contribution < 1.29 is 4.92 Å². The van der Waals surface area contributed by atoms with Crippen LogP contribution in [0.3, 0.4) is 0 Å². The molecule has 0 unspecified atom stereocenters.